The summed E-state index contributed by atoms with van der Waals surface area (Å²) in [6.07, 6.45) is 9.97. The van der Waals surface area contributed by atoms with E-state index in [1.807, 2.05) is 134 Å². The lowest BCUT2D eigenvalue weighted by atomic mass is 9.98. The number of pyridine rings is 9. The van der Waals surface area contributed by atoms with Gasteiger partial charge in [0.25, 0.3) is 16.7 Å². The third-order valence-corrected chi connectivity index (χ3v) is 28.3. The van der Waals surface area contributed by atoms with E-state index in [1.165, 1.54) is 41.0 Å². The fourth-order valence-electron chi connectivity index (χ4n) is 20.0. The second-order valence-corrected chi connectivity index (χ2v) is 39.4. The van der Waals surface area contributed by atoms with Crippen molar-refractivity contribution in [3.05, 3.63) is 243 Å². The van der Waals surface area contributed by atoms with Crippen molar-refractivity contribution in [1.29, 1.82) is 0 Å². The number of rotatable bonds is 16. The minimum Gasteiger partial charge on any atom is -0.507 e. The zero-order chi connectivity index (χ0) is 98.5. The molecular weight excluding hydrogens is 1860 g/mol. The number of piperazine rings is 3. The minimum atomic E-state index is -0.765. The highest BCUT2D eigenvalue weighted by atomic mass is 35.5. The van der Waals surface area contributed by atoms with Crippen molar-refractivity contribution >= 4 is 160 Å². The minimum absolute atomic E-state index is 0.00386. The number of aryl methyl sites for hydroxylation is 3. The van der Waals surface area contributed by atoms with E-state index in [2.05, 4.69) is 68.5 Å². The second kappa shape index (κ2) is 38.8. The molecule has 6 aliphatic rings. The van der Waals surface area contributed by atoms with Crippen LogP contribution in [0, 0.1) is 20.8 Å². The maximum Gasteiger partial charge on any atom is 0.282 e. The van der Waals surface area contributed by atoms with Crippen LogP contribution in [0.15, 0.2) is 162 Å². The van der Waals surface area contributed by atoms with E-state index in [0.29, 0.717) is 113 Å². The normalized spacial score (nSPS) is 17.8. The molecule has 3 aromatic carbocycles. The summed E-state index contributed by atoms with van der Waals surface area (Å²) >= 11 is 40.7. The molecule has 4 N–H and O–H groups in total. The van der Waals surface area contributed by atoms with Crippen molar-refractivity contribution in [2.45, 2.75) is 144 Å². The maximum atomic E-state index is 15.3. The van der Waals surface area contributed by atoms with Crippen molar-refractivity contribution < 1.29 is 34.5 Å². The fourth-order valence-corrected chi connectivity index (χ4v) is 21.6. The third-order valence-electron chi connectivity index (χ3n) is 26.5. The van der Waals surface area contributed by atoms with Crippen LogP contribution in [-0.4, -0.2) is 225 Å². The van der Waals surface area contributed by atoms with Crippen LogP contribution in [0.3, 0.4) is 0 Å². The molecule has 4 amide bonds. The number of hydrogen-bond acceptors (Lipinski definition) is 22. The number of anilines is 6. The highest BCUT2D eigenvalue weighted by Gasteiger charge is 2.48. The first-order valence-electron chi connectivity index (χ1n) is 45.4. The maximum absolute atomic E-state index is 15.3. The van der Waals surface area contributed by atoms with Gasteiger partial charge in [-0.15, -0.1) is 0 Å². The average molecular weight is 1970 g/mol. The lowest BCUT2D eigenvalue weighted by Crippen LogP contribution is -2.64. The molecule has 0 bridgehead atoms. The van der Waals surface area contributed by atoms with Crippen molar-refractivity contribution in [2.24, 2.45) is 0 Å². The van der Waals surface area contributed by atoms with Crippen LogP contribution in [0.1, 0.15) is 120 Å². The number of carbonyl (C=O) groups excluding carboxylic acids is 4. The monoisotopic (exact) mass is 1970 g/mol. The second-order valence-electron chi connectivity index (χ2n) is 36.9. The molecule has 35 heteroatoms. The smallest absolute Gasteiger partial charge is 0.282 e. The van der Waals surface area contributed by atoms with Crippen LogP contribution in [0.2, 0.25) is 30.1 Å². The molecule has 712 valence electrons. The van der Waals surface area contributed by atoms with E-state index in [-0.39, 0.29) is 182 Å². The van der Waals surface area contributed by atoms with Gasteiger partial charge in [-0.1, -0.05) is 149 Å². The van der Waals surface area contributed by atoms with Gasteiger partial charge in [-0.2, -0.15) is 0 Å². The number of hydrogen-bond donors (Lipinski definition) is 4. The average Bonchev–Trinajstić information content (AvgIpc) is 0.690. The number of benzene rings is 3. The van der Waals surface area contributed by atoms with Gasteiger partial charge < -0.3 is 64.7 Å². The molecule has 15 heterocycles. The standard InChI is InChI=1S/C37H43Cl2N7O3.C33H34Cl2N6O3.C32H30Cl2N6O4/c1-8-29(48)44-20-24-19-43(16-10-15-42(6)7)35-34(45(24)18-23(44)5)25-17-27(39)32(30-26(38)11-9-12-28(30)47)41-36(25)46(37(35)49)33-22(4)13-14-40-31(33)21(2)3;1-7-25(43)39-16-20-15-38(6)31-30(40(20)14-19(39)5)21-13-23(35)28(26-22(34)9-8-10-24(26)42)37-32(21)41(33(31)44)29-18(4)11-12-36-27(29)17(2)3;1-6-23(42)38-14-21-31(43)37-27-29(39(21)13-17(38)5)18-12-20(34)26(24-19(33)8-7-9-22(24)41)36-30(18)40(32(27)44)28-16(4)10-11-35-25(28)15(2)3/h8-9,11-14,17,21,23-24,47H,1,10,15-16,18-20H2,2-7H3;7-13,17,19-20,42H,1,14-16H2,2-6H3;6-12,15,17,21,41H,1,13-14H2,2-5H3,(H,37,43). The van der Waals surface area contributed by atoms with Gasteiger partial charge in [0, 0.05) is 112 Å². The summed E-state index contributed by atoms with van der Waals surface area (Å²) in [6.45, 7) is 39.8. The summed E-state index contributed by atoms with van der Waals surface area (Å²) < 4.78 is 4.78. The number of nitrogens with zero attached hydrogens (tertiary/aromatic N) is 18. The van der Waals surface area contributed by atoms with E-state index in [4.69, 9.17) is 89.5 Å². The van der Waals surface area contributed by atoms with Crippen LogP contribution in [0.4, 0.5) is 34.1 Å². The van der Waals surface area contributed by atoms with E-state index in [9.17, 15) is 44.1 Å². The van der Waals surface area contributed by atoms with Gasteiger partial charge in [-0.25, -0.2) is 15.0 Å². The van der Waals surface area contributed by atoms with Crippen LogP contribution >= 0.6 is 69.6 Å². The molecule has 3 saturated heterocycles. The van der Waals surface area contributed by atoms with E-state index >= 15 is 4.79 Å². The summed E-state index contributed by atoms with van der Waals surface area (Å²) in [5.41, 5.74) is 11.2. The Morgan fingerprint density at radius 1 is 0.453 bits per heavy atom. The molecule has 137 heavy (non-hydrogen) atoms. The summed E-state index contributed by atoms with van der Waals surface area (Å²) in [5.74, 6) is -1.22. The molecule has 0 radical (unpaired) electrons. The lowest BCUT2D eigenvalue weighted by molar-refractivity contribution is -0.131. The van der Waals surface area contributed by atoms with Crippen LogP contribution in [0.5, 0.6) is 17.2 Å². The molecule has 6 atom stereocenters. The van der Waals surface area contributed by atoms with Gasteiger partial charge in [0.1, 0.15) is 40.4 Å². The lowest BCUT2D eigenvalue weighted by Gasteiger charge is -2.52. The Morgan fingerprint density at radius 2 is 0.803 bits per heavy atom. The van der Waals surface area contributed by atoms with E-state index in [1.54, 1.807) is 81.2 Å². The molecule has 6 unspecified atom stereocenters. The Kier molecular flexibility index (Phi) is 27.6. The fraction of sp³-hybridized carbons (Fsp3) is 0.343. The van der Waals surface area contributed by atoms with Crippen molar-refractivity contribution in [3.8, 4) is 68.1 Å². The third kappa shape index (κ3) is 17.4. The van der Waals surface area contributed by atoms with Crippen LogP contribution in [0.25, 0.3) is 83.9 Å². The van der Waals surface area contributed by atoms with E-state index < -0.39 is 17.5 Å². The van der Waals surface area contributed by atoms with Gasteiger partial charge in [-0.3, -0.25) is 62.2 Å². The Labute approximate surface area is 823 Å². The SMILES string of the molecule is C=CC(=O)N1CC2C(=O)Nc3c(c4cc(Cl)c(-c5c(O)cccc5Cl)nc4n(-c4c(C)ccnc4C(C)C)c3=O)N2CC1C.C=CC(=O)N1CC2CN(C)c3c(c4cc(Cl)c(-c5c(O)cccc5Cl)nc4n(-c4c(C)ccnc4C(C)C)c3=O)N2CC1C.C=CC(=O)N1CC2CN(CCCN(C)C)c3c(c4cc(Cl)c(-c5c(O)cccc5Cl)nc4n(-c4c(C)ccnc4C(C)C)c3=O)N2CC1C. The predicted molar refractivity (Wildman–Crippen MR) is 548 cm³/mol. The number of carbonyl (C=O) groups is 4. The van der Waals surface area contributed by atoms with Gasteiger partial charge in [0.05, 0.1) is 134 Å². The number of phenols is 3. The number of halogens is 6. The molecule has 18 rings (SSSR count). The number of amides is 4. The molecular formula is C102H107Cl6N19O10. The number of aromatic hydroxyl groups is 3. The van der Waals surface area contributed by atoms with E-state index in [0.717, 1.165) is 52.4 Å². The molecule has 9 aromatic heterocycles. The summed E-state index contributed by atoms with van der Waals surface area (Å²) in [7, 11) is 5.97. The summed E-state index contributed by atoms with van der Waals surface area (Å²) in [4.78, 5) is 144. The highest BCUT2D eigenvalue weighted by molar-refractivity contribution is 6.39. The van der Waals surface area contributed by atoms with Crippen LogP contribution in [-0.2, 0) is 19.2 Å². The number of fused-ring (bicyclic) bond motifs is 15. The molecule has 0 spiro atoms. The van der Waals surface area contributed by atoms with Gasteiger partial charge >= 0.3 is 0 Å². The predicted octanol–water partition coefficient (Wildman–Crippen LogP) is 17.6. The summed E-state index contributed by atoms with van der Waals surface area (Å²) in [6, 6.07) is 23.8. The molecule has 6 aliphatic heterocycles. The number of aromatic nitrogens is 9. The van der Waals surface area contributed by atoms with Gasteiger partial charge in [0.15, 0.2) is 16.9 Å². The number of likely N-dealkylation sites (N-methyl/N-ethyl adjacent to an activating group) is 1. The van der Waals surface area contributed by atoms with Gasteiger partial charge in [0.2, 0.25) is 23.6 Å². The van der Waals surface area contributed by atoms with Crippen molar-refractivity contribution in [1.82, 2.24) is 63.2 Å². The quantitative estimate of drug-likeness (QED) is 0.0653. The van der Waals surface area contributed by atoms with Crippen molar-refractivity contribution in [3.63, 3.8) is 0 Å². The first-order chi connectivity index (χ1) is 65.2. The summed E-state index contributed by atoms with van der Waals surface area (Å²) in [5, 5.41) is 38.8. The first kappa shape index (κ1) is 97.5. The van der Waals surface area contributed by atoms with Crippen LogP contribution < -0.4 is 46.5 Å². The topological polar surface area (TPSA) is 314 Å². The molecule has 0 aliphatic carbocycles. The first-order valence-corrected chi connectivity index (χ1v) is 47.7. The Balaban J connectivity index is 0.000000149. The zero-order valence-corrected chi connectivity index (χ0v) is 83.3. The number of nitrogens with one attached hydrogen (secondary N) is 1. The van der Waals surface area contributed by atoms with Crippen molar-refractivity contribution in [2.75, 3.05) is 116 Å². The zero-order valence-electron chi connectivity index (χ0n) is 78.7. The molecule has 3 fully saturated rings. The Hall–Kier alpha value is -12.6. The Morgan fingerprint density at radius 3 is 1.18 bits per heavy atom. The van der Waals surface area contributed by atoms with Gasteiger partial charge in [-0.05, 0) is 194 Å². The molecule has 29 nitrogen and oxygen atoms in total. The molecule has 0 saturated carbocycles. The Bertz CT molecular complexity index is 7140. The number of phenolic OH excluding ortho intramolecular Hbond substituents is 3. The molecule has 12 aromatic rings. The highest BCUT2D eigenvalue weighted by Crippen LogP contribution is 2.51. The largest absolute Gasteiger partial charge is 0.507 e.